The Morgan fingerprint density at radius 1 is 1.22 bits per heavy atom. The molecule has 1 saturated heterocycles. The van der Waals surface area contributed by atoms with E-state index in [0.717, 1.165) is 24.9 Å². The maximum atomic E-state index is 12.1. The number of hydrogen-bond donors (Lipinski definition) is 1. The molecular weight excluding hydrogens is 224 g/mol. The Balaban J connectivity index is 1.71. The summed E-state index contributed by atoms with van der Waals surface area (Å²) in [4.78, 5) is 14.1. The van der Waals surface area contributed by atoms with Gasteiger partial charge in [0.1, 0.15) is 0 Å². The third-order valence-electron chi connectivity index (χ3n) is 4.32. The molecule has 104 valence electrons. The predicted molar refractivity (Wildman–Crippen MR) is 74.5 cm³/mol. The molecule has 0 aromatic carbocycles. The number of rotatable bonds is 3. The van der Waals surface area contributed by atoms with Crippen LogP contribution in [0.25, 0.3) is 0 Å². The van der Waals surface area contributed by atoms with Gasteiger partial charge in [-0.1, -0.05) is 13.8 Å². The van der Waals surface area contributed by atoms with Crippen LogP contribution in [0.1, 0.15) is 58.8 Å². The fourth-order valence-corrected chi connectivity index (χ4v) is 3.45. The van der Waals surface area contributed by atoms with Crippen molar-refractivity contribution in [1.29, 1.82) is 0 Å². The van der Waals surface area contributed by atoms with Crippen molar-refractivity contribution < 1.29 is 4.79 Å². The lowest BCUT2D eigenvalue weighted by Crippen LogP contribution is -2.46. The van der Waals surface area contributed by atoms with E-state index in [1.54, 1.807) is 0 Å². The molecule has 0 aromatic heterocycles. The summed E-state index contributed by atoms with van der Waals surface area (Å²) < 4.78 is 0. The molecule has 1 aliphatic heterocycles. The van der Waals surface area contributed by atoms with Gasteiger partial charge < -0.3 is 10.2 Å². The number of piperidine rings is 1. The van der Waals surface area contributed by atoms with Crippen LogP contribution < -0.4 is 5.32 Å². The number of nitrogens with one attached hydrogen (secondary N) is 1. The first-order chi connectivity index (χ1) is 8.65. The number of urea groups is 1. The fraction of sp³-hybridized carbons (Fsp3) is 0.933. The SMILES string of the molecule is CC(C)CC1CCC(NC(=O)N2CCCCC2)C1. The molecule has 1 aliphatic carbocycles. The molecule has 2 amide bonds. The molecule has 1 N–H and O–H groups in total. The van der Waals surface area contributed by atoms with Gasteiger partial charge >= 0.3 is 6.03 Å². The maximum Gasteiger partial charge on any atom is 0.317 e. The molecule has 0 bridgehead atoms. The summed E-state index contributed by atoms with van der Waals surface area (Å²) in [6.45, 7) is 6.49. The van der Waals surface area contributed by atoms with Crippen LogP contribution in [-0.4, -0.2) is 30.1 Å². The Morgan fingerprint density at radius 3 is 2.61 bits per heavy atom. The highest BCUT2D eigenvalue weighted by Crippen LogP contribution is 2.30. The lowest BCUT2D eigenvalue weighted by atomic mass is 9.96. The van der Waals surface area contributed by atoms with E-state index in [1.807, 2.05) is 4.90 Å². The smallest absolute Gasteiger partial charge is 0.317 e. The minimum atomic E-state index is 0.185. The van der Waals surface area contributed by atoms with Crippen LogP contribution in [0.5, 0.6) is 0 Å². The van der Waals surface area contributed by atoms with Gasteiger partial charge in [0.25, 0.3) is 0 Å². The summed E-state index contributed by atoms with van der Waals surface area (Å²) in [5.74, 6) is 1.61. The van der Waals surface area contributed by atoms with Crippen molar-refractivity contribution >= 4 is 6.03 Å². The van der Waals surface area contributed by atoms with Crippen molar-refractivity contribution in [3.63, 3.8) is 0 Å². The van der Waals surface area contributed by atoms with Crippen LogP contribution in [0.2, 0.25) is 0 Å². The van der Waals surface area contributed by atoms with Gasteiger partial charge in [-0.15, -0.1) is 0 Å². The summed E-state index contributed by atoms with van der Waals surface area (Å²) in [5.41, 5.74) is 0. The molecule has 1 heterocycles. The summed E-state index contributed by atoms with van der Waals surface area (Å²) in [6, 6.07) is 0.619. The standard InChI is InChI=1S/C15H28N2O/c1-12(2)10-13-6-7-14(11-13)16-15(18)17-8-4-3-5-9-17/h12-14H,3-11H2,1-2H3,(H,16,18). The molecule has 18 heavy (non-hydrogen) atoms. The summed E-state index contributed by atoms with van der Waals surface area (Å²) >= 11 is 0. The number of amides is 2. The molecule has 2 fully saturated rings. The predicted octanol–water partition coefficient (Wildman–Crippen LogP) is 3.40. The van der Waals surface area contributed by atoms with E-state index in [-0.39, 0.29) is 6.03 Å². The molecule has 2 rings (SSSR count). The minimum Gasteiger partial charge on any atom is -0.335 e. The average Bonchev–Trinajstić information content (AvgIpc) is 2.76. The van der Waals surface area contributed by atoms with E-state index in [9.17, 15) is 4.79 Å². The summed E-state index contributed by atoms with van der Waals surface area (Å²) in [6.07, 6.45) is 8.61. The van der Waals surface area contributed by atoms with E-state index in [4.69, 9.17) is 0 Å². The van der Waals surface area contributed by atoms with Crippen molar-refractivity contribution in [3.8, 4) is 0 Å². The maximum absolute atomic E-state index is 12.1. The Hall–Kier alpha value is -0.730. The summed E-state index contributed by atoms with van der Waals surface area (Å²) in [5, 5.41) is 3.24. The zero-order valence-electron chi connectivity index (χ0n) is 12.0. The van der Waals surface area contributed by atoms with Crippen LogP contribution in [-0.2, 0) is 0 Å². The molecule has 0 spiro atoms. The van der Waals surface area contributed by atoms with Crippen LogP contribution in [0, 0.1) is 11.8 Å². The summed E-state index contributed by atoms with van der Waals surface area (Å²) in [7, 11) is 0. The normalized spacial score (nSPS) is 28.7. The second kappa shape index (κ2) is 6.44. The molecule has 2 atom stereocenters. The lowest BCUT2D eigenvalue weighted by Gasteiger charge is -2.28. The van der Waals surface area contributed by atoms with E-state index in [1.165, 1.54) is 44.9 Å². The van der Waals surface area contributed by atoms with Crippen molar-refractivity contribution in [2.24, 2.45) is 11.8 Å². The third-order valence-corrected chi connectivity index (χ3v) is 4.32. The molecular formula is C15H28N2O. The average molecular weight is 252 g/mol. The quantitative estimate of drug-likeness (QED) is 0.820. The zero-order chi connectivity index (χ0) is 13.0. The van der Waals surface area contributed by atoms with Crippen LogP contribution in [0.4, 0.5) is 4.79 Å². The molecule has 1 saturated carbocycles. The molecule has 3 heteroatoms. The minimum absolute atomic E-state index is 0.185. The molecule has 0 aromatic rings. The van der Waals surface area contributed by atoms with Gasteiger partial charge in [0.15, 0.2) is 0 Å². The highest BCUT2D eigenvalue weighted by molar-refractivity contribution is 5.74. The Kier molecular flexibility index (Phi) is 4.90. The first-order valence-electron chi connectivity index (χ1n) is 7.70. The highest BCUT2D eigenvalue weighted by Gasteiger charge is 2.27. The molecule has 0 radical (unpaired) electrons. The second-order valence-corrected chi connectivity index (χ2v) is 6.50. The molecule has 2 unspecified atom stereocenters. The second-order valence-electron chi connectivity index (χ2n) is 6.50. The number of nitrogens with zero attached hydrogens (tertiary/aromatic N) is 1. The van der Waals surface area contributed by atoms with E-state index < -0.39 is 0 Å². The van der Waals surface area contributed by atoms with Crippen molar-refractivity contribution in [1.82, 2.24) is 10.2 Å². The van der Waals surface area contributed by atoms with Crippen molar-refractivity contribution in [2.75, 3.05) is 13.1 Å². The van der Waals surface area contributed by atoms with Gasteiger partial charge in [-0.05, 0) is 56.8 Å². The van der Waals surface area contributed by atoms with E-state index in [2.05, 4.69) is 19.2 Å². The first-order valence-corrected chi connectivity index (χ1v) is 7.70. The monoisotopic (exact) mass is 252 g/mol. The third kappa shape index (κ3) is 3.89. The number of carbonyl (C=O) groups is 1. The lowest BCUT2D eigenvalue weighted by molar-refractivity contribution is 0.182. The number of likely N-dealkylation sites (tertiary alicyclic amines) is 1. The number of hydrogen-bond acceptors (Lipinski definition) is 1. The van der Waals surface area contributed by atoms with Crippen LogP contribution in [0.15, 0.2) is 0 Å². The van der Waals surface area contributed by atoms with Crippen LogP contribution in [0.3, 0.4) is 0 Å². The van der Waals surface area contributed by atoms with Crippen LogP contribution >= 0.6 is 0 Å². The van der Waals surface area contributed by atoms with Gasteiger partial charge in [-0.2, -0.15) is 0 Å². The number of carbonyl (C=O) groups excluding carboxylic acids is 1. The van der Waals surface area contributed by atoms with Gasteiger partial charge in [0, 0.05) is 19.1 Å². The molecule has 2 aliphatic rings. The van der Waals surface area contributed by atoms with Gasteiger partial charge in [-0.25, -0.2) is 4.79 Å². The van der Waals surface area contributed by atoms with Gasteiger partial charge in [-0.3, -0.25) is 0 Å². The van der Waals surface area contributed by atoms with E-state index >= 15 is 0 Å². The Labute approximate surface area is 111 Å². The topological polar surface area (TPSA) is 32.3 Å². The van der Waals surface area contributed by atoms with Gasteiger partial charge in [0.2, 0.25) is 0 Å². The van der Waals surface area contributed by atoms with Gasteiger partial charge in [0.05, 0.1) is 0 Å². The Morgan fingerprint density at radius 2 is 1.94 bits per heavy atom. The Bertz CT molecular complexity index is 272. The molecule has 3 nitrogen and oxygen atoms in total. The first kappa shape index (κ1) is 13.7. The zero-order valence-corrected chi connectivity index (χ0v) is 12.0. The largest absolute Gasteiger partial charge is 0.335 e. The van der Waals surface area contributed by atoms with Crippen molar-refractivity contribution in [2.45, 2.75) is 64.8 Å². The van der Waals surface area contributed by atoms with E-state index in [0.29, 0.717) is 6.04 Å². The van der Waals surface area contributed by atoms with Crippen molar-refractivity contribution in [3.05, 3.63) is 0 Å². The highest BCUT2D eigenvalue weighted by atomic mass is 16.2. The fourth-order valence-electron chi connectivity index (χ4n) is 3.45.